The number of ether oxygens (including phenoxy) is 3. The van der Waals surface area contributed by atoms with E-state index in [1.54, 1.807) is 65.0 Å². The van der Waals surface area contributed by atoms with E-state index < -0.39 is 45.4 Å². The molecule has 13 nitrogen and oxygen atoms in total. The SMILES string of the molecule is CC1(C)Oc2ccc([N+](=O)[O-])cc2C(NC2=CC(=O)CC2)C1(C)O.CCOC(=O)c1ccc2c(c1)C(NC1=CC(=O)CC1)C(C)(O)C(C)(C)O2. The standard InChI is InChI=1S/C20H25NO5.C17H20N2O5/c1-5-25-18(23)12-6-9-16-15(10-12)17(20(4,24)19(2,3)26-16)21-13-7-8-14(22)11-13;1-16(2)17(3,21)15(18-10-4-6-12(20)8-10)13-9-11(19(22)23)5-7-14(13)24-16/h6,9-11,17,21,24H,5,7-8H2,1-4H3;5,7-9,15,18,21H,4,6H2,1-3H3. The molecule has 2 aliphatic heterocycles. The monoisotopic (exact) mass is 691 g/mol. The molecule has 0 spiro atoms. The average molecular weight is 692 g/mol. The number of nitro groups is 1. The van der Waals surface area contributed by atoms with Crippen LogP contribution in [0.1, 0.15) is 108 Å². The molecule has 0 saturated heterocycles. The summed E-state index contributed by atoms with van der Waals surface area (Å²) in [7, 11) is 0. The molecule has 4 aliphatic rings. The van der Waals surface area contributed by atoms with Gasteiger partial charge in [0.05, 0.1) is 29.2 Å². The van der Waals surface area contributed by atoms with Gasteiger partial charge in [-0.15, -0.1) is 0 Å². The molecule has 0 bridgehead atoms. The summed E-state index contributed by atoms with van der Waals surface area (Å²) in [4.78, 5) is 45.8. The van der Waals surface area contributed by atoms with Crippen LogP contribution in [0.15, 0.2) is 59.9 Å². The molecule has 0 saturated carbocycles. The fraction of sp³-hybridized carbons (Fsp3) is 0.486. The molecule has 2 aromatic carbocycles. The molecule has 2 heterocycles. The largest absolute Gasteiger partial charge is 0.484 e. The van der Waals surface area contributed by atoms with Gasteiger partial charge in [0, 0.05) is 59.6 Å². The van der Waals surface area contributed by atoms with Gasteiger partial charge in [-0.1, -0.05) is 0 Å². The van der Waals surface area contributed by atoms with Crippen molar-refractivity contribution in [3.8, 4) is 11.5 Å². The van der Waals surface area contributed by atoms with Crippen LogP contribution in [0.3, 0.4) is 0 Å². The molecular weight excluding hydrogens is 646 g/mol. The van der Waals surface area contributed by atoms with Crippen LogP contribution >= 0.6 is 0 Å². The van der Waals surface area contributed by atoms with Crippen molar-refractivity contribution in [2.75, 3.05) is 6.61 Å². The number of benzene rings is 2. The number of rotatable bonds is 7. The number of aliphatic hydroxyl groups is 2. The van der Waals surface area contributed by atoms with Crippen molar-refractivity contribution in [2.24, 2.45) is 0 Å². The first-order chi connectivity index (χ1) is 23.3. The van der Waals surface area contributed by atoms with E-state index in [1.165, 1.54) is 18.2 Å². The van der Waals surface area contributed by atoms with E-state index in [2.05, 4.69) is 10.6 Å². The predicted octanol–water partition coefficient (Wildman–Crippen LogP) is 5.06. The lowest BCUT2D eigenvalue weighted by Gasteiger charge is -2.50. The van der Waals surface area contributed by atoms with Gasteiger partial charge in [-0.2, -0.15) is 0 Å². The van der Waals surface area contributed by atoms with Gasteiger partial charge in [-0.3, -0.25) is 19.7 Å². The number of carbonyl (C=O) groups excluding carboxylic acids is 3. The van der Waals surface area contributed by atoms with Gasteiger partial charge >= 0.3 is 5.97 Å². The molecule has 4 N–H and O–H groups in total. The summed E-state index contributed by atoms with van der Waals surface area (Å²) in [6.07, 6.45) is 5.17. The van der Waals surface area contributed by atoms with Crippen molar-refractivity contribution in [2.45, 2.75) is 109 Å². The maximum Gasteiger partial charge on any atom is 0.338 e. The molecule has 2 aromatic rings. The highest BCUT2D eigenvalue weighted by atomic mass is 16.6. The van der Waals surface area contributed by atoms with Crippen LogP contribution in [0.2, 0.25) is 0 Å². The molecule has 0 aromatic heterocycles. The molecule has 13 heteroatoms. The van der Waals surface area contributed by atoms with E-state index in [0.717, 1.165) is 11.4 Å². The van der Waals surface area contributed by atoms with Crippen molar-refractivity contribution in [3.63, 3.8) is 0 Å². The van der Waals surface area contributed by atoms with E-state index >= 15 is 0 Å². The van der Waals surface area contributed by atoms with E-state index in [4.69, 9.17) is 14.2 Å². The second kappa shape index (κ2) is 13.2. The molecule has 4 unspecified atom stereocenters. The topological polar surface area (TPSA) is 187 Å². The van der Waals surface area contributed by atoms with Crippen LogP contribution in [0.5, 0.6) is 11.5 Å². The van der Waals surface area contributed by atoms with E-state index in [-0.39, 0.29) is 23.9 Å². The number of nitrogens with zero attached hydrogens (tertiary/aromatic N) is 1. The Morgan fingerprint density at radius 2 is 1.28 bits per heavy atom. The van der Waals surface area contributed by atoms with Crippen LogP contribution in [0, 0.1) is 10.1 Å². The van der Waals surface area contributed by atoms with Crippen molar-refractivity contribution in [1.82, 2.24) is 10.6 Å². The van der Waals surface area contributed by atoms with Crippen molar-refractivity contribution in [3.05, 3.63) is 86.7 Å². The first-order valence-electron chi connectivity index (χ1n) is 16.7. The number of ketones is 2. The summed E-state index contributed by atoms with van der Waals surface area (Å²) < 4.78 is 17.0. The number of nitrogens with one attached hydrogen (secondary N) is 2. The van der Waals surface area contributed by atoms with Crippen molar-refractivity contribution in [1.29, 1.82) is 0 Å². The van der Waals surface area contributed by atoms with Gasteiger partial charge in [0.15, 0.2) is 11.6 Å². The summed E-state index contributed by atoms with van der Waals surface area (Å²) in [5.74, 6) is 0.757. The fourth-order valence-electron chi connectivity index (χ4n) is 6.46. The molecular formula is C37H45N3O10. The van der Waals surface area contributed by atoms with Gasteiger partial charge < -0.3 is 35.1 Å². The fourth-order valence-corrected chi connectivity index (χ4v) is 6.46. The molecule has 2 aliphatic carbocycles. The Morgan fingerprint density at radius 3 is 1.70 bits per heavy atom. The van der Waals surface area contributed by atoms with Crippen LogP contribution < -0.4 is 20.1 Å². The predicted molar refractivity (Wildman–Crippen MR) is 183 cm³/mol. The molecule has 50 heavy (non-hydrogen) atoms. The van der Waals surface area contributed by atoms with Gasteiger partial charge in [-0.25, -0.2) is 4.79 Å². The van der Waals surface area contributed by atoms with E-state index in [9.17, 15) is 34.7 Å². The van der Waals surface area contributed by atoms with Gasteiger partial charge in [-0.05, 0) is 85.6 Å². The molecule has 0 fully saturated rings. The molecule has 6 rings (SSSR count). The van der Waals surface area contributed by atoms with Crippen LogP contribution in [-0.2, 0) is 14.3 Å². The number of esters is 1. The second-order valence-corrected chi connectivity index (χ2v) is 14.4. The number of hydrogen-bond acceptors (Lipinski definition) is 12. The second-order valence-electron chi connectivity index (χ2n) is 14.4. The number of non-ortho nitro benzene ring substituents is 1. The van der Waals surface area contributed by atoms with E-state index in [0.29, 0.717) is 53.9 Å². The maximum atomic E-state index is 12.1. The van der Waals surface area contributed by atoms with Crippen molar-refractivity contribution >= 4 is 23.2 Å². The van der Waals surface area contributed by atoms with Gasteiger partial charge in [0.1, 0.15) is 33.9 Å². The summed E-state index contributed by atoms with van der Waals surface area (Å²) in [6, 6.07) is 8.24. The summed E-state index contributed by atoms with van der Waals surface area (Å²) >= 11 is 0. The Labute approximate surface area is 290 Å². The highest BCUT2D eigenvalue weighted by molar-refractivity contribution is 5.93. The zero-order valence-electron chi connectivity index (χ0n) is 29.4. The minimum Gasteiger partial charge on any atom is -0.484 e. The molecule has 0 amide bonds. The first-order valence-corrected chi connectivity index (χ1v) is 16.7. The molecule has 268 valence electrons. The van der Waals surface area contributed by atoms with Crippen molar-refractivity contribution < 1.29 is 43.7 Å². The maximum absolute atomic E-state index is 12.1. The summed E-state index contributed by atoms with van der Waals surface area (Å²) in [5, 5.41) is 40.0. The first kappa shape index (κ1) is 36.5. The van der Waals surface area contributed by atoms with Crippen LogP contribution in [0.25, 0.3) is 0 Å². The van der Waals surface area contributed by atoms with Gasteiger partial charge in [0.25, 0.3) is 5.69 Å². The minimum atomic E-state index is -1.35. The van der Waals surface area contributed by atoms with Crippen LogP contribution in [0.4, 0.5) is 5.69 Å². The number of hydrogen-bond donors (Lipinski definition) is 4. The number of nitro benzene ring substituents is 1. The molecule has 0 radical (unpaired) electrons. The molecule has 4 atom stereocenters. The Balaban J connectivity index is 0.000000195. The third-order valence-electron chi connectivity index (χ3n) is 10.3. The smallest absolute Gasteiger partial charge is 0.338 e. The zero-order valence-corrected chi connectivity index (χ0v) is 29.4. The average Bonchev–Trinajstić information content (AvgIpc) is 3.64. The Morgan fingerprint density at radius 1 is 0.820 bits per heavy atom. The lowest BCUT2D eigenvalue weighted by molar-refractivity contribution is -0.385. The quantitative estimate of drug-likeness (QED) is 0.172. The summed E-state index contributed by atoms with van der Waals surface area (Å²) in [5.41, 5.74) is -1.41. The highest BCUT2D eigenvalue weighted by Gasteiger charge is 2.54. The minimum absolute atomic E-state index is 0.0303. The highest BCUT2D eigenvalue weighted by Crippen LogP contribution is 2.49. The number of allylic oxidation sites excluding steroid dienone is 4. The normalized spacial score (nSPS) is 27.2. The Bertz CT molecular complexity index is 1790. The third kappa shape index (κ3) is 6.84. The Hall–Kier alpha value is -4.75. The Kier molecular flexibility index (Phi) is 9.63. The lowest BCUT2D eigenvalue weighted by Crippen LogP contribution is -2.61. The third-order valence-corrected chi connectivity index (χ3v) is 10.3. The summed E-state index contributed by atoms with van der Waals surface area (Å²) in [6.45, 7) is 12.5. The zero-order chi connectivity index (χ0) is 36.8. The van der Waals surface area contributed by atoms with Crippen LogP contribution in [-0.4, -0.2) is 61.7 Å². The number of carbonyl (C=O) groups is 3. The van der Waals surface area contributed by atoms with Gasteiger partial charge in [0.2, 0.25) is 0 Å². The number of fused-ring (bicyclic) bond motifs is 2. The van der Waals surface area contributed by atoms with E-state index in [1.807, 2.05) is 13.8 Å². The lowest BCUT2D eigenvalue weighted by atomic mass is 9.75.